The molecule has 1 heterocycles. The standard InChI is InChI=1S/C15H32N4OS/c1-4-16-15(17-7-5-6-12-21-3)18-13-14(2)19-8-10-20-11-9-19/h14H,4-13H2,1-3H3,(H2,16,17,18). The average molecular weight is 317 g/mol. The van der Waals surface area contributed by atoms with E-state index in [9.17, 15) is 0 Å². The topological polar surface area (TPSA) is 48.9 Å². The zero-order chi connectivity index (χ0) is 15.3. The van der Waals surface area contributed by atoms with Crippen molar-refractivity contribution in [3.8, 4) is 0 Å². The Hall–Kier alpha value is -0.460. The third kappa shape index (κ3) is 8.53. The summed E-state index contributed by atoms with van der Waals surface area (Å²) in [5.41, 5.74) is 0. The predicted molar refractivity (Wildman–Crippen MR) is 93.5 cm³/mol. The first-order chi connectivity index (χ1) is 10.3. The van der Waals surface area contributed by atoms with Crippen LogP contribution in [-0.2, 0) is 4.74 Å². The average Bonchev–Trinajstić information content (AvgIpc) is 2.52. The van der Waals surface area contributed by atoms with E-state index in [1.54, 1.807) is 0 Å². The fraction of sp³-hybridized carbons (Fsp3) is 0.933. The zero-order valence-electron chi connectivity index (χ0n) is 13.9. The van der Waals surface area contributed by atoms with Crippen molar-refractivity contribution in [3.63, 3.8) is 0 Å². The molecule has 0 amide bonds. The van der Waals surface area contributed by atoms with Gasteiger partial charge in [-0.2, -0.15) is 11.8 Å². The van der Waals surface area contributed by atoms with E-state index in [0.29, 0.717) is 6.04 Å². The van der Waals surface area contributed by atoms with Crippen LogP contribution in [0.15, 0.2) is 4.99 Å². The Morgan fingerprint density at radius 1 is 1.29 bits per heavy atom. The molecule has 1 atom stereocenters. The molecule has 0 aromatic carbocycles. The second kappa shape index (κ2) is 12.1. The van der Waals surface area contributed by atoms with E-state index >= 15 is 0 Å². The van der Waals surface area contributed by atoms with Crippen molar-refractivity contribution < 1.29 is 4.74 Å². The van der Waals surface area contributed by atoms with Gasteiger partial charge in [0, 0.05) is 32.2 Å². The smallest absolute Gasteiger partial charge is 0.191 e. The number of morpholine rings is 1. The Morgan fingerprint density at radius 2 is 2.05 bits per heavy atom. The number of hydrogen-bond acceptors (Lipinski definition) is 4. The molecule has 0 aromatic rings. The summed E-state index contributed by atoms with van der Waals surface area (Å²) < 4.78 is 5.40. The number of thioether (sulfide) groups is 1. The Morgan fingerprint density at radius 3 is 2.71 bits per heavy atom. The van der Waals surface area contributed by atoms with Gasteiger partial charge in [-0.1, -0.05) is 0 Å². The molecule has 0 bridgehead atoms. The summed E-state index contributed by atoms with van der Waals surface area (Å²) in [6.45, 7) is 10.8. The van der Waals surface area contributed by atoms with Gasteiger partial charge in [0.2, 0.25) is 0 Å². The molecule has 1 unspecified atom stereocenters. The Labute approximate surface area is 134 Å². The monoisotopic (exact) mass is 316 g/mol. The summed E-state index contributed by atoms with van der Waals surface area (Å²) in [4.78, 5) is 7.17. The van der Waals surface area contributed by atoms with E-state index in [1.807, 2.05) is 11.8 Å². The molecule has 0 saturated carbocycles. The van der Waals surface area contributed by atoms with Gasteiger partial charge in [-0.15, -0.1) is 0 Å². The maximum absolute atomic E-state index is 5.40. The SMILES string of the molecule is CCNC(=NCC(C)N1CCOCC1)NCCCCSC. The molecule has 0 spiro atoms. The molecule has 21 heavy (non-hydrogen) atoms. The summed E-state index contributed by atoms with van der Waals surface area (Å²) in [6, 6.07) is 0.473. The van der Waals surface area contributed by atoms with Crippen molar-refractivity contribution in [3.05, 3.63) is 0 Å². The second-order valence-electron chi connectivity index (χ2n) is 5.34. The lowest BCUT2D eigenvalue weighted by Crippen LogP contribution is -2.44. The van der Waals surface area contributed by atoms with E-state index < -0.39 is 0 Å². The summed E-state index contributed by atoms with van der Waals surface area (Å²) in [6.07, 6.45) is 4.62. The molecule has 2 N–H and O–H groups in total. The van der Waals surface area contributed by atoms with Crippen LogP contribution < -0.4 is 10.6 Å². The van der Waals surface area contributed by atoms with Crippen LogP contribution in [0.4, 0.5) is 0 Å². The van der Waals surface area contributed by atoms with Gasteiger partial charge in [0.05, 0.1) is 19.8 Å². The van der Waals surface area contributed by atoms with Crippen LogP contribution in [0.2, 0.25) is 0 Å². The quantitative estimate of drug-likeness (QED) is 0.383. The van der Waals surface area contributed by atoms with E-state index in [-0.39, 0.29) is 0 Å². The minimum Gasteiger partial charge on any atom is -0.379 e. The minimum atomic E-state index is 0.473. The summed E-state index contributed by atoms with van der Waals surface area (Å²) in [5, 5.41) is 6.75. The van der Waals surface area contributed by atoms with Crippen molar-refractivity contribution in [2.45, 2.75) is 32.7 Å². The largest absolute Gasteiger partial charge is 0.379 e. The normalized spacial score (nSPS) is 18.5. The highest BCUT2D eigenvalue weighted by Gasteiger charge is 2.16. The van der Waals surface area contributed by atoms with Gasteiger partial charge >= 0.3 is 0 Å². The maximum atomic E-state index is 5.40. The van der Waals surface area contributed by atoms with Crippen molar-refractivity contribution in [1.29, 1.82) is 0 Å². The minimum absolute atomic E-state index is 0.473. The molecular formula is C15H32N4OS. The molecule has 0 aromatic heterocycles. The molecule has 0 radical (unpaired) electrons. The lowest BCUT2D eigenvalue weighted by molar-refractivity contribution is 0.0220. The van der Waals surface area contributed by atoms with Crippen LogP contribution in [0.25, 0.3) is 0 Å². The molecule has 0 aliphatic carbocycles. The van der Waals surface area contributed by atoms with Crippen molar-refractivity contribution >= 4 is 17.7 Å². The van der Waals surface area contributed by atoms with Crippen LogP contribution in [0.5, 0.6) is 0 Å². The van der Waals surface area contributed by atoms with E-state index in [2.05, 4.69) is 35.6 Å². The molecule has 1 saturated heterocycles. The van der Waals surface area contributed by atoms with Gasteiger partial charge < -0.3 is 15.4 Å². The summed E-state index contributed by atoms with van der Waals surface area (Å²) >= 11 is 1.91. The van der Waals surface area contributed by atoms with Crippen molar-refractivity contribution in [1.82, 2.24) is 15.5 Å². The highest BCUT2D eigenvalue weighted by Crippen LogP contribution is 2.03. The lowest BCUT2D eigenvalue weighted by Gasteiger charge is -2.31. The molecule has 1 fully saturated rings. The molecule has 1 aliphatic heterocycles. The highest BCUT2D eigenvalue weighted by atomic mass is 32.2. The summed E-state index contributed by atoms with van der Waals surface area (Å²) in [5.74, 6) is 2.19. The van der Waals surface area contributed by atoms with Gasteiger partial charge in [-0.3, -0.25) is 9.89 Å². The van der Waals surface area contributed by atoms with Crippen LogP contribution in [0.3, 0.4) is 0 Å². The number of guanidine groups is 1. The number of ether oxygens (including phenoxy) is 1. The van der Waals surface area contributed by atoms with Crippen LogP contribution >= 0.6 is 11.8 Å². The lowest BCUT2D eigenvalue weighted by atomic mass is 10.2. The van der Waals surface area contributed by atoms with Crippen molar-refractivity contribution in [2.24, 2.45) is 4.99 Å². The van der Waals surface area contributed by atoms with Crippen LogP contribution in [0, 0.1) is 0 Å². The molecule has 5 nitrogen and oxygen atoms in total. The molecule has 124 valence electrons. The van der Waals surface area contributed by atoms with Crippen LogP contribution in [0.1, 0.15) is 26.7 Å². The molecule has 1 rings (SSSR count). The number of nitrogens with one attached hydrogen (secondary N) is 2. The molecule has 1 aliphatic rings. The third-order valence-electron chi connectivity index (χ3n) is 3.59. The van der Waals surface area contributed by atoms with Crippen LogP contribution in [-0.4, -0.2) is 74.8 Å². The van der Waals surface area contributed by atoms with Gasteiger partial charge in [-0.25, -0.2) is 0 Å². The predicted octanol–water partition coefficient (Wildman–Crippen LogP) is 1.41. The Bertz CT molecular complexity index is 283. The van der Waals surface area contributed by atoms with Gasteiger partial charge in [-0.05, 0) is 38.7 Å². The first kappa shape index (κ1) is 18.6. The zero-order valence-corrected chi connectivity index (χ0v) is 14.7. The van der Waals surface area contributed by atoms with Gasteiger partial charge in [0.15, 0.2) is 5.96 Å². The first-order valence-corrected chi connectivity index (χ1v) is 9.50. The van der Waals surface area contributed by atoms with E-state index in [4.69, 9.17) is 9.73 Å². The maximum Gasteiger partial charge on any atom is 0.191 e. The van der Waals surface area contributed by atoms with Gasteiger partial charge in [0.1, 0.15) is 0 Å². The second-order valence-corrected chi connectivity index (χ2v) is 6.33. The number of aliphatic imine (C=N–C) groups is 1. The van der Waals surface area contributed by atoms with E-state index in [1.165, 1.54) is 18.6 Å². The molecular weight excluding hydrogens is 284 g/mol. The fourth-order valence-corrected chi connectivity index (χ4v) is 2.77. The van der Waals surface area contributed by atoms with Gasteiger partial charge in [0.25, 0.3) is 0 Å². The van der Waals surface area contributed by atoms with Crippen molar-refractivity contribution in [2.75, 3.05) is 57.9 Å². The Balaban J connectivity index is 2.28. The number of unbranched alkanes of at least 4 members (excludes halogenated alkanes) is 1. The number of rotatable bonds is 9. The fourth-order valence-electron chi connectivity index (χ4n) is 2.28. The first-order valence-electron chi connectivity index (χ1n) is 8.10. The number of nitrogens with zero attached hydrogens (tertiary/aromatic N) is 2. The highest BCUT2D eigenvalue weighted by molar-refractivity contribution is 7.98. The van der Waals surface area contributed by atoms with E-state index in [0.717, 1.165) is 51.9 Å². The summed E-state index contributed by atoms with van der Waals surface area (Å²) in [7, 11) is 0. The Kier molecular flexibility index (Phi) is 10.7. The third-order valence-corrected chi connectivity index (χ3v) is 4.29. The molecule has 6 heteroatoms. The number of hydrogen-bond donors (Lipinski definition) is 2.